The first kappa shape index (κ1) is 21.0. The first-order chi connectivity index (χ1) is 12.1. The van der Waals surface area contributed by atoms with Crippen molar-refractivity contribution in [1.82, 2.24) is 0 Å². The lowest BCUT2D eigenvalue weighted by Crippen LogP contribution is -2.38. The predicted octanol–water partition coefficient (Wildman–Crippen LogP) is 5.19. The lowest BCUT2D eigenvalue weighted by Gasteiger charge is -2.41. The van der Waals surface area contributed by atoms with Crippen LogP contribution in [0, 0.1) is 17.3 Å². The standard InChI is InChI=1S/C19H26O2.C4H10O/c1-19-11-4-7-17(19)16(18(20)10-12-19)9-8-14-5-3-6-15(13-14)21-2;1-4(2,3)5/h3,5-6,13,16-17H,4,7-12H2,1-2H3;5H,1-3H3/t16?,17?,19-;/m1./s1. The van der Waals surface area contributed by atoms with Crippen LogP contribution in [0.4, 0.5) is 0 Å². The molecule has 2 unspecified atom stereocenters. The number of fused-ring (bicyclic) bond motifs is 1. The zero-order valence-corrected chi connectivity index (χ0v) is 17.2. The van der Waals surface area contributed by atoms with Crippen LogP contribution in [0.1, 0.15) is 71.8 Å². The van der Waals surface area contributed by atoms with E-state index in [-0.39, 0.29) is 5.92 Å². The molecule has 0 radical (unpaired) electrons. The molecule has 1 aromatic rings. The van der Waals surface area contributed by atoms with Gasteiger partial charge in [-0.3, -0.25) is 4.79 Å². The Morgan fingerprint density at radius 1 is 1.27 bits per heavy atom. The van der Waals surface area contributed by atoms with Crippen molar-refractivity contribution in [2.24, 2.45) is 17.3 Å². The average Bonchev–Trinajstić information content (AvgIpc) is 2.95. The summed E-state index contributed by atoms with van der Waals surface area (Å²) < 4.78 is 5.29. The van der Waals surface area contributed by atoms with Crippen LogP contribution in [-0.2, 0) is 11.2 Å². The Bertz CT molecular complexity index is 596. The first-order valence-electron chi connectivity index (χ1n) is 10.0. The number of carbonyl (C=O) groups is 1. The van der Waals surface area contributed by atoms with Crippen LogP contribution in [0.15, 0.2) is 24.3 Å². The van der Waals surface area contributed by atoms with Gasteiger partial charge in [-0.2, -0.15) is 0 Å². The molecule has 0 heterocycles. The summed E-state index contributed by atoms with van der Waals surface area (Å²) >= 11 is 0. The van der Waals surface area contributed by atoms with Crippen LogP contribution in [0.25, 0.3) is 0 Å². The van der Waals surface area contributed by atoms with Gasteiger partial charge in [0.25, 0.3) is 0 Å². The summed E-state index contributed by atoms with van der Waals surface area (Å²) in [5.74, 6) is 2.34. The Morgan fingerprint density at radius 2 is 1.96 bits per heavy atom. The van der Waals surface area contributed by atoms with Gasteiger partial charge in [0.05, 0.1) is 12.7 Å². The quantitative estimate of drug-likeness (QED) is 0.803. The number of benzene rings is 1. The van der Waals surface area contributed by atoms with Gasteiger partial charge in [0.2, 0.25) is 0 Å². The van der Waals surface area contributed by atoms with E-state index >= 15 is 0 Å². The van der Waals surface area contributed by atoms with Gasteiger partial charge in [0.1, 0.15) is 11.5 Å². The second kappa shape index (κ2) is 8.56. The predicted molar refractivity (Wildman–Crippen MR) is 106 cm³/mol. The molecule has 146 valence electrons. The van der Waals surface area contributed by atoms with Crippen molar-refractivity contribution in [2.75, 3.05) is 7.11 Å². The van der Waals surface area contributed by atoms with Crippen LogP contribution in [0.3, 0.4) is 0 Å². The molecule has 3 atom stereocenters. The fourth-order valence-electron chi connectivity index (χ4n) is 4.59. The highest BCUT2D eigenvalue weighted by Crippen LogP contribution is 2.54. The Hall–Kier alpha value is -1.35. The van der Waals surface area contributed by atoms with E-state index in [0.717, 1.165) is 31.4 Å². The summed E-state index contributed by atoms with van der Waals surface area (Å²) in [6.45, 7) is 7.64. The number of aliphatic hydroxyl groups is 1. The van der Waals surface area contributed by atoms with E-state index in [2.05, 4.69) is 19.1 Å². The molecule has 0 amide bonds. The van der Waals surface area contributed by atoms with E-state index in [1.54, 1.807) is 27.9 Å². The molecule has 3 rings (SSSR count). The Balaban J connectivity index is 0.000000431. The number of ether oxygens (including phenoxy) is 1. The highest BCUT2D eigenvalue weighted by Gasteiger charge is 2.48. The third-order valence-corrected chi connectivity index (χ3v) is 5.88. The van der Waals surface area contributed by atoms with Crippen molar-refractivity contribution in [3.8, 4) is 5.75 Å². The van der Waals surface area contributed by atoms with Crippen molar-refractivity contribution in [1.29, 1.82) is 0 Å². The number of hydrogen-bond acceptors (Lipinski definition) is 3. The molecule has 2 saturated carbocycles. The summed E-state index contributed by atoms with van der Waals surface area (Å²) in [4.78, 5) is 12.4. The normalized spacial score (nSPS) is 28.2. The minimum atomic E-state index is -0.500. The van der Waals surface area contributed by atoms with E-state index in [9.17, 15) is 4.79 Å². The fraction of sp³-hybridized carbons (Fsp3) is 0.696. The maximum atomic E-state index is 12.4. The zero-order chi connectivity index (χ0) is 19.4. The van der Waals surface area contributed by atoms with E-state index in [1.165, 1.54) is 24.8 Å². The molecule has 0 aromatic heterocycles. The summed E-state index contributed by atoms with van der Waals surface area (Å²) in [5.41, 5.74) is 1.22. The molecule has 2 aliphatic carbocycles. The highest BCUT2D eigenvalue weighted by atomic mass is 16.5. The van der Waals surface area contributed by atoms with Gasteiger partial charge in [-0.1, -0.05) is 25.5 Å². The molecule has 1 aromatic carbocycles. The Labute approximate surface area is 159 Å². The number of carbonyl (C=O) groups excluding carboxylic acids is 1. The van der Waals surface area contributed by atoms with Crippen molar-refractivity contribution >= 4 is 5.78 Å². The Morgan fingerprint density at radius 3 is 2.62 bits per heavy atom. The lowest BCUT2D eigenvalue weighted by atomic mass is 9.63. The number of hydrogen-bond donors (Lipinski definition) is 1. The minimum Gasteiger partial charge on any atom is -0.497 e. The van der Waals surface area contributed by atoms with Gasteiger partial charge in [-0.15, -0.1) is 0 Å². The number of Topliss-reactive ketones (excluding diaryl/α,β-unsaturated/α-hetero) is 1. The fourth-order valence-corrected chi connectivity index (χ4v) is 4.59. The monoisotopic (exact) mass is 360 g/mol. The largest absolute Gasteiger partial charge is 0.497 e. The second-order valence-electron chi connectivity index (χ2n) is 9.29. The summed E-state index contributed by atoms with van der Waals surface area (Å²) in [5, 5.41) is 8.52. The van der Waals surface area contributed by atoms with Gasteiger partial charge >= 0.3 is 0 Å². The maximum absolute atomic E-state index is 12.4. The van der Waals surface area contributed by atoms with Crippen LogP contribution >= 0.6 is 0 Å². The lowest BCUT2D eigenvalue weighted by molar-refractivity contribution is -0.130. The van der Waals surface area contributed by atoms with Gasteiger partial charge in [0, 0.05) is 12.3 Å². The van der Waals surface area contributed by atoms with E-state index in [1.807, 2.05) is 12.1 Å². The number of ketones is 1. The van der Waals surface area contributed by atoms with E-state index in [4.69, 9.17) is 9.84 Å². The van der Waals surface area contributed by atoms with E-state index in [0.29, 0.717) is 17.1 Å². The van der Waals surface area contributed by atoms with Crippen molar-refractivity contribution < 1.29 is 14.6 Å². The third-order valence-electron chi connectivity index (χ3n) is 5.88. The summed E-state index contributed by atoms with van der Waals surface area (Å²) in [7, 11) is 1.70. The van der Waals surface area contributed by atoms with Crippen LogP contribution in [0.5, 0.6) is 5.75 Å². The van der Waals surface area contributed by atoms with Crippen molar-refractivity contribution in [3.05, 3.63) is 29.8 Å². The zero-order valence-electron chi connectivity index (χ0n) is 17.2. The molecule has 3 heteroatoms. The van der Waals surface area contributed by atoms with Crippen molar-refractivity contribution in [3.63, 3.8) is 0 Å². The van der Waals surface area contributed by atoms with Gasteiger partial charge in [-0.05, 0) is 81.9 Å². The topological polar surface area (TPSA) is 46.5 Å². The molecule has 0 bridgehead atoms. The molecule has 0 spiro atoms. The molecular formula is C23H36O3. The van der Waals surface area contributed by atoms with Crippen LogP contribution < -0.4 is 4.74 Å². The van der Waals surface area contributed by atoms with Gasteiger partial charge in [0.15, 0.2) is 0 Å². The summed E-state index contributed by atoms with van der Waals surface area (Å²) in [6.07, 6.45) is 7.80. The van der Waals surface area contributed by atoms with Crippen molar-refractivity contribution in [2.45, 2.75) is 78.2 Å². The van der Waals surface area contributed by atoms with E-state index < -0.39 is 5.60 Å². The van der Waals surface area contributed by atoms with Gasteiger partial charge < -0.3 is 9.84 Å². The Kier molecular flexibility index (Phi) is 6.90. The minimum absolute atomic E-state index is 0.289. The molecule has 1 N–H and O–H groups in total. The third kappa shape index (κ3) is 5.84. The first-order valence-corrected chi connectivity index (χ1v) is 10.0. The maximum Gasteiger partial charge on any atom is 0.136 e. The van der Waals surface area contributed by atoms with Crippen LogP contribution in [-0.4, -0.2) is 23.6 Å². The molecule has 0 saturated heterocycles. The molecular weight excluding hydrogens is 324 g/mol. The molecule has 2 aliphatic rings. The molecule has 26 heavy (non-hydrogen) atoms. The number of methoxy groups -OCH3 is 1. The SMILES string of the molecule is CC(C)(C)O.COc1cccc(CCC2C(=O)CC[C@@]3(C)CCCC23)c1. The molecule has 3 nitrogen and oxygen atoms in total. The second-order valence-corrected chi connectivity index (χ2v) is 9.29. The number of aryl methyl sites for hydroxylation is 1. The molecule has 2 fully saturated rings. The highest BCUT2D eigenvalue weighted by molar-refractivity contribution is 5.82. The van der Waals surface area contributed by atoms with Crippen LogP contribution in [0.2, 0.25) is 0 Å². The average molecular weight is 361 g/mol. The molecule has 0 aliphatic heterocycles. The number of rotatable bonds is 4. The van der Waals surface area contributed by atoms with Gasteiger partial charge in [-0.25, -0.2) is 0 Å². The summed E-state index contributed by atoms with van der Waals surface area (Å²) in [6, 6.07) is 8.25. The smallest absolute Gasteiger partial charge is 0.136 e.